The first kappa shape index (κ1) is 15.1. The maximum Gasteiger partial charge on any atom is 0.243 e. The van der Waals surface area contributed by atoms with Crippen LogP contribution in [0.1, 0.15) is 37.7 Å². The van der Waals surface area contributed by atoms with Crippen molar-refractivity contribution in [2.24, 2.45) is 5.92 Å². The largest absolute Gasteiger partial charge is 0.361 e. The third kappa shape index (κ3) is 2.14. The lowest BCUT2D eigenvalue weighted by atomic mass is 9.59. The van der Waals surface area contributed by atoms with Gasteiger partial charge < -0.3 is 15.7 Å². The third-order valence-electron chi connectivity index (χ3n) is 6.20. The zero-order chi connectivity index (χ0) is 16.1. The highest BCUT2D eigenvalue weighted by Crippen LogP contribution is 2.54. The van der Waals surface area contributed by atoms with Crippen molar-refractivity contribution in [2.45, 2.75) is 49.5 Å². The predicted octanol–water partition coefficient (Wildman–Crippen LogP) is 1.14. The van der Waals surface area contributed by atoms with Crippen LogP contribution in [0.5, 0.6) is 0 Å². The number of hydrogen-bond donors (Lipinski definition) is 3. The molecule has 1 saturated heterocycles. The summed E-state index contributed by atoms with van der Waals surface area (Å²) in [6, 6.07) is 10.3. The van der Waals surface area contributed by atoms with Crippen LogP contribution >= 0.6 is 0 Å². The SMILES string of the molecule is CN[C@]1(c2ccccc2)C[C@]2(C1)C(=O)NC(O)N2CC1CCC1. The van der Waals surface area contributed by atoms with Crippen LogP contribution in [0.2, 0.25) is 0 Å². The number of benzene rings is 1. The number of amides is 1. The Kier molecular flexibility index (Phi) is 3.48. The van der Waals surface area contributed by atoms with Crippen molar-refractivity contribution in [3.8, 4) is 0 Å². The lowest BCUT2D eigenvalue weighted by molar-refractivity contribution is -0.142. The molecule has 1 unspecified atom stereocenters. The van der Waals surface area contributed by atoms with E-state index in [1.165, 1.54) is 24.8 Å². The van der Waals surface area contributed by atoms with E-state index in [0.29, 0.717) is 18.8 Å². The van der Waals surface area contributed by atoms with Crippen LogP contribution in [-0.4, -0.2) is 41.4 Å². The summed E-state index contributed by atoms with van der Waals surface area (Å²) in [5.41, 5.74) is 0.472. The highest BCUT2D eigenvalue weighted by Gasteiger charge is 2.66. The Morgan fingerprint density at radius 2 is 2.00 bits per heavy atom. The van der Waals surface area contributed by atoms with Gasteiger partial charge in [0.05, 0.1) is 0 Å². The molecule has 0 aromatic heterocycles. The zero-order valence-corrected chi connectivity index (χ0v) is 13.6. The first-order valence-corrected chi connectivity index (χ1v) is 8.60. The molecule has 5 nitrogen and oxygen atoms in total. The minimum Gasteiger partial charge on any atom is -0.361 e. The second-order valence-corrected chi connectivity index (χ2v) is 7.38. The Morgan fingerprint density at radius 1 is 1.30 bits per heavy atom. The molecule has 1 atom stereocenters. The summed E-state index contributed by atoms with van der Waals surface area (Å²) in [6.45, 7) is 0.814. The van der Waals surface area contributed by atoms with E-state index in [2.05, 4.69) is 22.8 Å². The molecule has 1 heterocycles. The number of carbonyl (C=O) groups is 1. The molecule has 1 aromatic rings. The number of aliphatic hydroxyl groups excluding tert-OH is 1. The molecule has 2 aliphatic carbocycles. The van der Waals surface area contributed by atoms with E-state index < -0.39 is 11.9 Å². The molecule has 5 heteroatoms. The molecule has 3 fully saturated rings. The summed E-state index contributed by atoms with van der Waals surface area (Å²) in [7, 11) is 1.96. The molecule has 124 valence electrons. The number of aliphatic hydroxyl groups is 1. The van der Waals surface area contributed by atoms with Crippen LogP contribution in [-0.2, 0) is 10.3 Å². The van der Waals surface area contributed by atoms with E-state index in [9.17, 15) is 9.90 Å². The molecule has 1 amide bonds. The lowest BCUT2D eigenvalue weighted by Crippen LogP contribution is -2.69. The van der Waals surface area contributed by atoms with Gasteiger partial charge in [-0.1, -0.05) is 36.8 Å². The Labute approximate surface area is 137 Å². The fourth-order valence-corrected chi connectivity index (χ4v) is 4.51. The van der Waals surface area contributed by atoms with Crippen LogP contribution in [0.25, 0.3) is 0 Å². The van der Waals surface area contributed by atoms with Gasteiger partial charge in [0, 0.05) is 12.1 Å². The van der Waals surface area contributed by atoms with Crippen LogP contribution in [0.3, 0.4) is 0 Å². The number of hydrogen-bond acceptors (Lipinski definition) is 4. The van der Waals surface area contributed by atoms with Gasteiger partial charge in [-0.05, 0) is 44.2 Å². The van der Waals surface area contributed by atoms with Gasteiger partial charge in [-0.15, -0.1) is 0 Å². The zero-order valence-electron chi connectivity index (χ0n) is 13.6. The van der Waals surface area contributed by atoms with E-state index in [1.54, 1.807) is 0 Å². The van der Waals surface area contributed by atoms with Gasteiger partial charge in [0.25, 0.3) is 0 Å². The summed E-state index contributed by atoms with van der Waals surface area (Å²) in [4.78, 5) is 14.6. The van der Waals surface area contributed by atoms with Crippen LogP contribution in [0.4, 0.5) is 0 Å². The Bertz CT molecular complexity index is 594. The van der Waals surface area contributed by atoms with E-state index in [1.807, 2.05) is 30.1 Å². The summed E-state index contributed by atoms with van der Waals surface area (Å²) in [6.07, 6.45) is 4.26. The Morgan fingerprint density at radius 3 is 2.57 bits per heavy atom. The molecule has 23 heavy (non-hydrogen) atoms. The third-order valence-corrected chi connectivity index (χ3v) is 6.20. The fourth-order valence-electron chi connectivity index (χ4n) is 4.51. The highest BCUT2D eigenvalue weighted by atomic mass is 16.3. The summed E-state index contributed by atoms with van der Waals surface area (Å²) in [5, 5.41) is 16.5. The topological polar surface area (TPSA) is 64.6 Å². The maximum absolute atomic E-state index is 12.6. The van der Waals surface area contributed by atoms with Gasteiger partial charge in [-0.25, -0.2) is 4.90 Å². The molecule has 3 aliphatic rings. The minimum atomic E-state index is -0.839. The second kappa shape index (κ2) is 5.30. The Hall–Kier alpha value is -1.43. The minimum absolute atomic E-state index is 0.0221. The average molecular weight is 315 g/mol. The van der Waals surface area contributed by atoms with E-state index >= 15 is 0 Å². The molecule has 1 aromatic carbocycles. The van der Waals surface area contributed by atoms with E-state index in [0.717, 1.165) is 6.54 Å². The molecule has 1 aliphatic heterocycles. The summed E-state index contributed by atoms with van der Waals surface area (Å²) < 4.78 is 0. The first-order valence-electron chi connectivity index (χ1n) is 8.60. The highest BCUT2D eigenvalue weighted by molar-refractivity contribution is 5.90. The van der Waals surface area contributed by atoms with Crippen molar-refractivity contribution in [1.29, 1.82) is 0 Å². The van der Waals surface area contributed by atoms with Gasteiger partial charge in [0.15, 0.2) is 6.35 Å². The number of nitrogens with zero attached hydrogens (tertiary/aromatic N) is 1. The smallest absolute Gasteiger partial charge is 0.243 e. The standard InChI is InChI=1S/C18H25N3O2/c1-19-17(14-8-3-2-4-9-14)11-18(12-17)15(22)20-16(23)21(18)10-13-6-5-7-13/h2-4,8-9,13,16,19,23H,5-7,10-12H2,1H3,(H,20,22)/t16?,17-,18+. The fraction of sp³-hybridized carbons (Fsp3) is 0.611. The van der Waals surface area contributed by atoms with Gasteiger partial charge in [0.2, 0.25) is 5.91 Å². The van der Waals surface area contributed by atoms with Crippen LogP contribution < -0.4 is 10.6 Å². The monoisotopic (exact) mass is 315 g/mol. The number of rotatable bonds is 4. The predicted molar refractivity (Wildman–Crippen MR) is 87.3 cm³/mol. The van der Waals surface area contributed by atoms with Gasteiger partial charge in [-0.2, -0.15) is 0 Å². The van der Waals surface area contributed by atoms with Gasteiger partial charge in [-0.3, -0.25) is 4.79 Å². The van der Waals surface area contributed by atoms with Crippen molar-refractivity contribution < 1.29 is 9.90 Å². The van der Waals surface area contributed by atoms with Crippen molar-refractivity contribution in [2.75, 3.05) is 13.6 Å². The van der Waals surface area contributed by atoms with Crippen molar-refractivity contribution in [3.05, 3.63) is 35.9 Å². The molecule has 4 rings (SSSR count). The average Bonchev–Trinajstić information content (AvgIpc) is 2.72. The normalized spacial score (nSPS) is 37.5. The first-order chi connectivity index (χ1) is 11.1. The number of carbonyl (C=O) groups excluding carboxylic acids is 1. The molecule has 0 bridgehead atoms. The van der Waals surface area contributed by atoms with Crippen molar-refractivity contribution >= 4 is 5.91 Å². The van der Waals surface area contributed by atoms with E-state index in [4.69, 9.17) is 0 Å². The summed E-state index contributed by atoms with van der Waals surface area (Å²) >= 11 is 0. The van der Waals surface area contributed by atoms with Crippen molar-refractivity contribution in [3.63, 3.8) is 0 Å². The Balaban J connectivity index is 1.59. The number of nitrogens with one attached hydrogen (secondary N) is 2. The van der Waals surface area contributed by atoms with E-state index in [-0.39, 0.29) is 11.4 Å². The summed E-state index contributed by atoms with van der Waals surface area (Å²) in [5.74, 6) is 0.599. The molecular weight excluding hydrogens is 290 g/mol. The van der Waals surface area contributed by atoms with Crippen molar-refractivity contribution in [1.82, 2.24) is 15.5 Å². The molecule has 2 saturated carbocycles. The molecule has 1 spiro atoms. The molecule has 3 N–H and O–H groups in total. The van der Waals surface area contributed by atoms with Crippen LogP contribution in [0, 0.1) is 5.92 Å². The maximum atomic E-state index is 12.6. The van der Waals surface area contributed by atoms with Gasteiger partial charge in [0.1, 0.15) is 5.54 Å². The molecule has 0 radical (unpaired) electrons. The molecular formula is C18H25N3O2. The quantitative estimate of drug-likeness (QED) is 0.780. The second-order valence-electron chi connectivity index (χ2n) is 7.38. The van der Waals surface area contributed by atoms with Gasteiger partial charge >= 0.3 is 0 Å². The van der Waals surface area contributed by atoms with Crippen LogP contribution in [0.15, 0.2) is 30.3 Å². The lowest BCUT2D eigenvalue weighted by Gasteiger charge is -2.57.